The summed E-state index contributed by atoms with van der Waals surface area (Å²) in [5.74, 6) is -6.70. The van der Waals surface area contributed by atoms with Crippen molar-refractivity contribution in [1.29, 1.82) is 0 Å². The van der Waals surface area contributed by atoms with Crippen molar-refractivity contribution in [2.45, 2.75) is 25.7 Å². The lowest BCUT2D eigenvalue weighted by Gasteiger charge is -2.49. The number of imide groups is 2. The molecule has 0 unspecified atom stereocenters. The molecule has 7 rings (SSSR count). The highest BCUT2D eigenvalue weighted by Crippen LogP contribution is 2.65. The number of anilines is 2. The van der Waals surface area contributed by atoms with Crippen LogP contribution in [0.3, 0.4) is 0 Å². The molecule has 240 valence electrons. The van der Waals surface area contributed by atoms with Crippen LogP contribution in [0.15, 0.2) is 78.4 Å². The lowest BCUT2D eigenvalue weighted by atomic mass is 9.51. The predicted molar refractivity (Wildman–Crippen MR) is 168 cm³/mol. The number of carboxylic acid groups (broad SMARTS) is 1. The van der Waals surface area contributed by atoms with Crippen molar-refractivity contribution in [3.8, 4) is 17.2 Å². The second-order valence-corrected chi connectivity index (χ2v) is 12.6. The van der Waals surface area contributed by atoms with Gasteiger partial charge >= 0.3 is 5.97 Å². The zero-order valence-corrected chi connectivity index (χ0v) is 25.9. The first kappa shape index (κ1) is 30.2. The first-order valence-electron chi connectivity index (χ1n) is 15.3. The number of allylic oxidation sites excluding steroid dienone is 2. The van der Waals surface area contributed by atoms with Gasteiger partial charge < -0.3 is 19.7 Å². The fraction of sp³-hybridized carbons (Fsp3) is 0.306. The van der Waals surface area contributed by atoms with E-state index in [0.29, 0.717) is 17.0 Å². The highest BCUT2D eigenvalue weighted by Gasteiger charge is 2.68. The molecule has 6 atom stereocenters. The summed E-state index contributed by atoms with van der Waals surface area (Å²) in [6.45, 7) is 1.73. The molecule has 2 aliphatic heterocycles. The van der Waals surface area contributed by atoms with Gasteiger partial charge in [-0.15, -0.1) is 0 Å². The number of benzene rings is 3. The van der Waals surface area contributed by atoms with Crippen molar-refractivity contribution in [3.05, 3.63) is 89.5 Å². The van der Waals surface area contributed by atoms with E-state index in [4.69, 9.17) is 9.47 Å². The van der Waals surface area contributed by atoms with Crippen LogP contribution >= 0.6 is 0 Å². The predicted octanol–water partition coefficient (Wildman–Crippen LogP) is 4.54. The molecule has 11 heteroatoms. The topological polar surface area (TPSA) is 151 Å². The molecule has 2 heterocycles. The third-order valence-electron chi connectivity index (χ3n) is 10.5. The molecule has 3 fully saturated rings. The fourth-order valence-electron chi connectivity index (χ4n) is 8.34. The standard InChI is InChI=1S/C36H32N2O9/c1-36-25(32(41)38(35(36)45)19-9-5-4-6-10-19)17-24-22(30(36)29-26(39)15-21(46-2)16-27(29)47-3)12-13-23-28(24)33(42)37(31(23)40)20-11-7-8-18(14-20)34(43)44/h4-12,14-16,23-25,28,30,39H,13,17H2,1-3H3,(H,43,44)/t23-,24+,25-,28-,30+,36+/m0/s1. The van der Waals surface area contributed by atoms with Crippen molar-refractivity contribution in [3.63, 3.8) is 0 Å². The molecule has 4 amide bonds. The summed E-state index contributed by atoms with van der Waals surface area (Å²) in [7, 11) is 2.88. The van der Waals surface area contributed by atoms with E-state index in [9.17, 15) is 34.2 Å². The number of para-hydroxylation sites is 1. The minimum Gasteiger partial charge on any atom is -0.507 e. The molecule has 4 aliphatic rings. The number of carbonyl (C=O) groups excluding carboxylic acids is 4. The number of methoxy groups -OCH3 is 2. The first-order valence-corrected chi connectivity index (χ1v) is 15.3. The Morgan fingerprint density at radius 1 is 0.851 bits per heavy atom. The lowest BCUT2D eigenvalue weighted by Crippen LogP contribution is -2.49. The van der Waals surface area contributed by atoms with Gasteiger partial charge in [0.25, 0.3) is 0 Å². The number of hydrogen-bond donors (Lipinski definition) is 2. The van der Waals surface area contributed by atoms with Crippen molar-refractivity contribution < 1.29 is 43.7 Å². The Morgan fingerprint density at radius 2 is 1.57 bits per heavy atom. The number of phenolic OH excluding ortho intramolecular Hbond substituents is 1. The third-order valence-corrected chi connectivity index (χ3v) is 10.5. The number of ether oxygens (including phenoxy) is 2. The van der Waals surface area contributed by atoms with Gasteiger partial charge in [0.1, 0.15) is 17.2 Å². The highest BCUT2D eigenvalue weighted by molar-refractivity contribution is 6.25. The third kappa shape index (κ3) is 4.22. The minimum absolute atomic E-state index is 0.0663. The van der Waals surface area contributed by atoms with Crippen LogP contribution in [0.25, 0.3) is 0 Å². The van der Waals surface area contributed by atoms with E-state index >= 15 is 0 Å². The largest absolute Gasteiger partial charge is 0.507 e. The normalized spacial score (nSPS) is 28.1. The number of aromatic hydroxyl groups is 1. The molecular formula is C36H32N2O9. The highest BCUT2D eigenvalue weighted by atomic mass is 16.5. The van der Waals surface area contributed by atoms with Gasteiger partial charge in [0.2, 0.25) is 23.6 Å². The second kappa shape index (κ2) is 10.8. The van der Waals surface area contributed by atoms with Crippen molar-refractivity contribution in [1.82, 2.24) is 0 Å². The Balaban J connectivity index is 1.40. The molecule has 47 heavy (non-hydrogen) atoms. The number of fused-ring (bicyclic) bond motifs is 4. The maximum atomic E-state index is 14.6. The van der Waals surface area contributed by atoms with Gasteiger partial charge in [-0.05, 0) is 56.0 Å². The van der Waals surface area contributed by atoms with Crippen LogP contribution in [-0.2, 0) is 19.2 Å². The van der Waals surface area contributed by atoms with Gasteiger partial charge in [-0.25, -0.2) is 9.69 Å². The van der Waals surface area contributed by atoms with E-state index in [-0.39, 0.29) is 41.2 Å². The quantitative estimate of drug-likeness (QED) is 0.294. The maximum Gasteiger partial charge on any atom is 0.335 e. The van der Waals surface area contributed by atoms with E-state index in [2.05, 4.69) is 0 Å². The number of hydrogen-bond acceptors (Lipinski definition) is 8. The van der Waals surface area contributed by atoms with Crippen LogP contribution in [0.2, 0.25) is 0 Å². The van der Waals surface area contributed by atoms with Gasteiger partial charge in [-0.3, -0.25) is 24.1 Å². The van der Waals surface area contributed by atoms with Crippen LogP contribution in [0, 0.1) is 29.1 Å². The summed E-state index contributed by atoms with van der Waals surface area (Å²) in [5, 5.41) is 21.1. The zero-order valence-electron chi connectivity index (χ0n) is 25.9. The summed E-state index contributed by atoms with van der Waals surface area (Å²) in [6.07, 6.45) is 2.17. The number of phenols is 1. The van der Waals surface area contributed by atoms with E-state index in [0.717, 1.165) is 4.90 Å². The minimum atomic E-state index is -1.39. The van der Waals surface area contributed by atoms with Gasteiger partial charge in [0.05, 0.1) is 54.3 Å². The van der Waals surface area contributed by atoms with Crippen molar-refractivity contribution in [2.75, 3.05) is 24.0 Å². The number of amides is 4. The molecule has 0 aromatic heterocycles. The van der Waals surface area contributed by atoms with E-state index < -0.39 is 64.6 Å². The summed E-state index contributed by atoms with van der Waals surface area (Å²) < 4.78 is 11.1. The molecule has 0 bridgehead atoms. The Labute approximate surface area is 270 Å². The molecule has 3 aromatic carbocycles. The molecule has 2 aliphatic carbocycles. The molecule has 1 saturated carbocycles. The van der Waals surface area contributed by atoms with Crippen LogP contribution in [0.1, 0.15) is 41.6 Å². The Kier molecular flexibility index (Phi) is 6.96. The number of nitrogens with zero attached hydrogens (tertiary/aromatic N) is 2. The van der Waals surface area contributed by atoms with E-state index in [1.165, 1.54) is 49.5 Å². The van der Waals surface area contributed by atoms with Crippen LogP contribution in [-0.4, -0.2) is 54.0 Å². The molecule has 3 aromatic rings. The Hall–Kier alpha value is -5.45. The van der Waals surface area contributed by atoms with Crippen molar-refractivity contribution >= 4 is 41.0 Å². The molecule has 2 saturated heterocycles. The molecule has 0 radical (unpaired) electrons. The van der Waals surface area contributed by atoms with Gasteiger partial charge in [-0.1, -0.05) is 35.9 Å². The van der Waals surface area contributed by atoms with E-state index in [1.807, 2.05) is 6.08 Å². The van der Waals surface area contributed by atoms with Crippen molar-refractivity contribution in [2.24, 2.45) is 29.1 Å². The van der Waals surface area contributed by atoms with Gasteiger partial charge in [-0.2, -0.15) is 0 Å². The Bertz CT molecular complexity index is 1900. The van der Waals surface area contributed by atoms with Crippen LogP contribution in [0.5, 0.6) is 17.2 Å². The zero-order chi connectivity index (χ0) is 33.4. The number of aromatic carboxylic acids is 1. The first-order chi connectivity index (χ1) is 22.5. The maximum absolute atomic E-state index is 14.6. The lowest BCUT2D eigenvalue weighted by molar-refractivity contribution is -0.131. The Morgan fingerprint density at radius 3 is 2.26 bits per heavy atom. The number of rotatable bonds is 6. The SMILES string of the molecule is COc1cc(O)c([C@H]2C3=CC[C@@H]4C(=O)N(c5cccc(C(=O)O)c5)C(=O)[C@@H]4[C@@H]3C[C@H]3C(=O)N(c4ccccc4)C(=O)[C@@]23C)c(OC)c1. The molecular weight excluding hydrogens is 604 g/mol. The summed E-state index contributed by atoms with van der Waals surface area (Å²) in [5.41, 5.74) is 0.0708. The van der Waals surface area contributed by atoms with Crippen LogP contribution in [0.4, 0.5) is 11.4 Å². The molecule has 2 N–H and O–H groups in total. The summed E-state index contributed by atoms with van der Waals surface area (Å²) in [4.78, 5) is 71.0. The van der Waals surface area contributed by atoms with Gasteiger partial charge in [0.15, 0.2) is 0 Å². The fourth-order valence-corrected chi connectivity index (χ4v) is 8.34. The van der Waals surface area contributed by atoms with Gasteiger partial charge in [0, 0.05) is 23.6 Å². The second-order valence-electron chi connectivity index (χ2n) is 12.6. The summed E-state index contributed by atoms with van der Waals surface area (Å²) in [6, 6.07) is 17.3. The number of carboxylic acids is 1. The van der Waals surface area contributed by atoms with Crippen LogP contribution < -0.4 is 19.3 Å². The monoisotopic (exact) mass is 636 g/mol. The summed E-state index contributed by atoms with van der Waals surface area (Å²) >= 11 is 0. The molecule has 0 spiro atoms. The van der Waals surface area contributed by atoms with E-state index in [1.54, 1.807) is 43.3 Å². The molecule has 11 nitrogen and oxygen atoms in total. The number of carbonyl (C=O) groups is 5. The average molecular weight is 637 g/mol. The average Bonchev–Trinajstić information content (AvgIpc) is 3.44. The smallest absolute Gasteiger partial charge is 0.335 e.